The molecule has 19 heavy (non-hydrogen) atoms. The SMILES string of the molecule is CSc1cccc(NCc2cc(C)on2)c1C(=O)O. The molecule has 100 valence electrons. The summed E-state index contributed by atoms with van der Waals surface area (Å²) in [5, 5.41) is 16.2. The van der Waals surface area contributed by atoms with E-state index in [2.05, 4.69) is 10.5 Å². The van der Waals surface area contributed by atoms with Gasteiger partial charge < -0.3 is 14.9 Å². The first kappa shape index (κ1) is 13.5. The number of benzene rings is 1. The third-order valence-electron chi connectivity index (χ3n) is 2.60. The average molecular weight is 278 g/mol. The number of carbonyl (C=O) groups is 1. The molecule has 0 aliphatic heterocycles. The molecular formula is C13H14N2O3S. The molecule has 1 aromatic carbocycles. The van der Waals surface area contributed by atoms with E-state index in [1.807, 2.05) is 25.3 Å². The Morgan fingerprint density at radius 3 is 2.89 bits per heavy atom. The highest BCUT2D eigenvalue weighted by atomic mass is 32.2. The number of carboxylic acid groups (broad SMARTS) is 1. The zero-order valence-electron chi connectivity index (χ0n) is 10.6. The van der Waals surface area contributed by atoms with E-state index in [0.29, 0.717) is 12.2 Å². The standard InChI is InChI=1S/C13H14N2O3S/c1-8-6-9(15-18-8)7-14-10-4-3-5-11(19-2)12(10)13(16)17/h3-6,14H,7H2,1-2H3,(H,16,17). The van der Waals surface area contributed by atoms with Crippen molar-refractivity contribution in [2.75, 3.05) is 11.6 Å². The van der Waals surface area contributed by atoms with Crippen LogP contribution in [0.3, 0.4) is 0 Å². The molecule has 0 aliphatic rings. The van der Waals surface area contributed by atoms with Crippen LogP contribution in [0.25, 0.3) is 0 Å². The highest BCUT2D eigenvalue weighted by Gasteiger charge is 2.15. The number of anilines is 1. The molecule has 0 saturated carbocycles. The smallest absolute Gasteiger partial charge is 0.338 e. The molecule has 0 aliphatic carbocycles. The number of aromatic carboxylic acids is 1. The van der Waals surface area contributed by atoms with Gasteiger partial charge in [0, 0.05) is 11.0 Å². The van der Waals surface area contributed by atoms with Gasteiger partial charge in [-0.15, -0.1) is 11.8 Å². The largest absolute Gasteiger partial charge is 0.478 e. The first-order valence-corrected chi connectivity index (χ1v) is 6.90. The molecule has 0 radical (unpaired) electrons. The molecule has 6 heteroatoms. The highest BCUT2D eigenvalue weighted by Crippen LogP contribution is 2.27. The average Bonchev–Trinajstić information content (AvgIpc) is 2.81. The van der Waals surface area contributed by atoms with Gasteiger partial charge in [-0.25, -0.2) is 4.79 Å². The van der Waals surface area contributed by atoms with Gasteiger partial charge in [0.2, 0.25) is 0 Å². The second-order valence-electron chi connectivity index (χ2n) is 3.97. The van der Waals surface area contributed by atoms with Crippen LogP contribution in [-0.2, 0) is 6.54 Å². The fraction of sp³-hybridized carbons (Fsp3) is 0.231. The molecule has 0 spiro atoms. The minimum Gasteiger partial charge on any atom is -0.478 e. The number of rotatable bonds is 5. The summed E-state index contributed by atoms with van der Waals surface area (Å²) in [5.41, 5.74) is 1.61. The number of aryl methyl sites for hydroxylation is 1. The van der Waals surface area contributed by atoms with E-state index in [1.54, 1.807) is 12.1 Å². The molecular weight excluding hydrogens is 264 g/mol. The van der Waals surface area contributed by atoms with Crippen molar-refractivity contribution < 1.29 is 14.4 Å². The van der Waals surface area contributed by atoms with Crippen molar-refractivity contribution in [3.05, 3.63) is 41.3 Å². The lowest BCUT2D eigenvalue weighted by molar-refractivity contribution is 0.0694. The van der Waals surface area contributed by atoms with Crippen LogP contribution in [0.4, 0.5) is 5.69 Å². The summed E-state index contributed by atoms with van der Waals surface area (Å²) in [6, 6.07) is 7.18. The molecule has 2 N–H and O–H groups in total. The fourth-order valence-electron chi connectivity index (χ4n) is 1.76. The van der Waals surface area contributed by atoms with Crippen LogP contribution in [0.1, 0.15) is 21.8 Å². The number of nitrogens with zero attached hydrogens (tertiary/aromatic N) is 1. The Morgan fingerprint density at radius 1 is 1.53 bits per heavy atom. The Balaban J connectivity index is 2.22. The zero-order valence-corrected chi connectivity index (χ0v) is 11.5. The molecule has 1 heterocycles. The molecule has 1 aromatic heterocycles. The van der Waals surface area contributed by atoms with Gasteiger partial charge >= 0.3 is 5.97 Å². The van der Waals surface area contributed by atoms with Gasteiger partial charge in [0.05, 0.1) is 17.8 Å². The monoisotopic (exact) mass is 278 g/mol. The van der Waals surface area contributed by atoms with Crippen LogP contribution < -0.4 is 5.32 Å². The molecule has 0 saturated heterocycles. The van der Waals surface area contributed by atoms with E-state index in [0.717, 1.165) is 16.3 Å². The van der Waals surface area contributed by atoms with Crippen molar-refractivity contribution in [1.29, 1.82) is 0 Å². The number of hydrogen-bond donors (Lipinski definition) is 2. The van der Waals surface area contributed by atoms with Crippen LogP contribution >= 0.6 is 11.8 Å². The van der Waals surface area contributed by atoms with Gasteiger partial charge in [0.1, 0.15) is 11.5 Å². The maximum atomic E-state index is 11.3. The quantitative estimate of drug-likeness (QED) is 0.819. The first-order valence-electron chi connectivity index (χ1n) is 5.68. The summed E-state index contributed by atoms with van der Waals surface area (Å²) in [7, 11) is 0. The Hall–Kier alpha value is -1.95. The Kier molecular flexibility index (Phi) is 4.11. The van der Waals surface area contributed by atoms with E-state index in [-0.39, 0.29) is 5.56 Å². The van der Waals surface area contributed by atoms with Crippen molar-refractivity contribution in [1.82, 2.24) is 5.16 Å². The second kappa shape index (κ2) is 5.79. The zero-order chi connectivity index (χ0) is 13.8. The van der Waals surface area contributed by atoms with Gasteiger partial charge in [-0.1, -0.05) is 11.2 Å². The maximum Gasteiger partial charge on any atom is 0.338 e. The van der Waals surface area contributed by atoms with Gasteiger partial charge in [0.15, 0.2) is 0 Å². The minimum absolute atomic E-state index is 0.287. The van der Waals surface area contributed by atoms with E-state index in [4.69, 9.17) is 4.52 Å². The normalized spacial score (nSPS) is 10.4. The Morgan fingerprint density at radius 2 is 2.32 bits per heavy atom. The topological polar surface area (TPSA) is 75.4 Å². The number of thioether (sulfide) groups is 1. The molecule has 0 atom stereocenters. The van der Waals surface area contributed by atoms with Crippen molar-refractivity contribution in [2.45, 2.75) is 18.4 Å². The number of nitrogens with one attached hydrogen (secondary N) is 1. The summed E-state index contributed by atoms with van der Waals surface area (Å²) in [5.74, 6) is -0.211. The van der Waals surface area contributed by atoms with Gasteiger partial charge in [-0.05, 0) is 25.3 Å². The highest BCUT2D eigenvalue weighted by molar-refractivity contribution is 7.98. The minimum atomic E-state index is -0.941. The van der Waals surface area contributed by atoms with E-state index in [9.17, 15) is 9.90 Å². The number of hydrogen-bond acceptors (Lipinski definition) is 5. The van der Waals surface area contributed by atoms with Crippen molar-refractivity contribution >= 4 is 23.4 Å². The lowest BCUT2D eigenvalue weighted by atomic mass is 10.1. The predicted molar refractivity (Wildman–Crippen MR) is 73.7 cm³/mol. The van der Waals surface area contributed by atoms with Crippen LogP contribution in [0.5, 0.6) is 0 Å². The van der Waals surface area contributed by atoms with E-state index < -0.39 is 5.97 Å². The summed E-state index contributed by atoms with van der Waals surface area (Å²) in [6.07, 6.45) is 1.85. The molecule has 0 fully saturated rings. The van der Waals surface area contributed by atoms with Gasteiger partial charge in [-0.3, -0.25) is 0 Å². The summed E-state index contributed by atoms with van der Waals surface area (Å²) in [6.45, 7) is 2.24. The third-order valence-corrected chi connectivity index (χ3v) is 3.38. The number of carboxylic acids is 1. The predicted octanol–water partition coefficient (Wildman–Crippen LogP) is 3.02. The molecule has 0 unspecified atom stereocenters. The Labute approximate surface area is 115 Å². The van der Waals surface area contributed by atoms with Gasteiger partial charge in [-0.2, -0.15) is 0 Å². The molecule has 0 amide bonds. The fourth-order valence-corrected chi connectivity index (χ4v) is 2.37. The van der Waals surface area contributed by atoms with Crippen LogP contribution in [0, 0.1) is 6.92 Å². The van der Waals surface area contributed by atoms with Crippen LogP contribution in [-0.4, -0.2) is 22.5 Å². The van der Waals surface area contributed by atoms with Gasteiger partial charge in [0.25, 0.3) is 0 Å². The van der Waals surface area contributed by atoms with Crippen molar-refractivity contribution in [2.24, 2.45) is 0 Å². The van der Waals surface area contributed by atoms with Crippen LogP contribution in [0.2, 0.25) is 0 Å². The second-order valence-corrected chi connectivity index (χ2v) is 4.82. The first-order chi connectivity index (χ1) is 9.11. The van der Waals surface area contributed by atoms with E-state index >= 15 is 0 Å². The maximum absolute atomic E-state index is 11.3. The molecule has 2 rings (SSSR count). The van der Waals surface area contributed by atoms with Crippen molar-refractivity contribution in [3.8, 4) is 0 Å². The molecule has 2 aromatic rings. The lowest BCUT2D eigenvalue weighted by Crippen LogP contribution is -2.07. The Bertz CT molecular complexity index is 595. The molecule has 5 nitrogen and oxygen atoms in total. The summed E-state index contributed by atoms with van der Waals surface area (Å²) in [4.78, 5) is 12.1. The van der Waals surface area contributed by atoms with E-state index in [1.165, 1.54) is 11.8 Å². The van der Waals surface area contributed by atoms with Crippen LogP contribution in [0.15, 0.2) is 33.7 Å². The summed E-state index contributed by atoms with van der Waals surface area (Å²) < 4.78 is 4.97. The molecule has 0 bridgehead atoms. The lowest BCUT2D eigenvalue weighted by Gasteiger charge is -2.11. The number of aromatic nitrogens is 1. The third kappa shape index (κ3) is 3.08. The summed E-state index contributed by atoms with van der Waals surface area (Å²) >= 11 is 1.41. The van der Waals surface area contributed by atoms with Crippen molar-refractivity contribution in [3.63, 3.8) is 0 Å².